The summed E-state index contributed by atoms with van der Waals surface area (Å²) in [4.78, 5) is 10.5. The van der Waals surface area contributed by atoms with Gasteiger partial charge in [0.1, 0.15) is 6.04 Å². The fourth-order valence-corrected chi connectivity index (χ4v) is 0.879. The number of carbonyl (C=O) groups excluding carboxylic acids is 1. The summed E-state index contributed by atoms with van der Waals surface area (Å²) in [5, 5.41) is 7.84. The first-order valence-electron chi connectivity index (χ1n) is 3.51. The molecule has 0 saturated heterocycles. The van der Waals surface area contributed by atoms with Gasteiger partial charge >= 0.3 is 0 Å². The van der Waals surface area contributed by atoms with Crippen LogP contribution in [-0.4, -0.2) is 23.0 Å². The van der Waals surface area contributed by atoms with Gasteiger partial charge in [-0.3, -0.25) is 4.79 Å². The van der Waals surface area contributed by atoms with E-state index in [4.69, 9.17) is 22.5 Å². The molecule has 0 amide bonds. The molecule has 0 rings (SSSR count). The topological polar surface area (TPSA) is 75.3 Å². The quantitative estimate of drug-likeness (QED) is 0.311. The Labute approximate surface area is 70.7 Å². The fraction of sp³-hybridized carbons (Fsp3) is 0.833. The Balaban J connectivity index is 3.44. The van der Waals surface area contributed by atoms with Crippen molar-refractivity contribution in [3.8, 4) is 0 Å². The molecule has 0 fully saturated rings. The maximum atomic E-state index is 10.5. The Hall–Kier alpha value is -0.160. The Kier molecular flexibility index (Phi) is 6.45. The fourth-order valence-electron chi connectivity index (χ4n) is 0.722. The van der Waals surface area contributed by atoms with E-state index in [1.807, 2.05) is 5.48 Å². The third-order valence-electron chi connectivity index (χ3n) is 1.38. The molecule has 1 atom stereocenters. The largest absolute Gasteiger partial charge is 0.330 e. The molecule has 0 bridgehead atoms. The molecule has 0 spiro atoms. The lowest BCUT2D eigenvalue weighted by Crippen LogP contribution is -2.31. The zero-order chi connectivity index (χ0) is 8.69. The van der Waals surface area contributed by atoms with Crippen LogP contribution in [0.2, 0.25) is 0 Å². The van der Waals surface area contributed by atoms with Crippen LogP contribution in [0, 0.1) is 0 Å². The maximum Gasteiger partial charge on any atom is 0.240 e. The number of hydroxylamine groups is 1. The highest BCUT2D eigenvalue weighted by Gasteiger charge is 2.13. The summed E-state index contributed by atoms with van der Waals surface area (Å²) in [6.07, 6.45) is 2.14. The van der Waals surface area contributed by atoms with Gasteiger partial charge in [0.05, 0.1) is 0 Å². The SMILES string of the molecule is NCCCCC(NO)C(=O)Cl. The van der Waals surface area contributed by atoms with Gasteiger partial charge in [-0.15, -0.1) is 0 Å². The van der Waals surface area contributed by atoms with E-state index in [2.05, 4.69) is 0 Å². The summed E-state index contributed by atoms with van der Waals surface area (Å²) in [6.45, 7) is 0.592. The van der Waals surface area contributed by atoms with E-state index in [0.29, 0.717) is 13.0 Å². The molecule has 0 aliphatic rings. The Morgan fingerprint density at radius 3 is 2.64 bits per heavy atom. The molecule has 66 valence electrons. The van der Waals surface area contributed by atoms with Gasteiger partial charge in [0.25, 0.3) is 0 Å². The van der Waals surface area contributed by atoms with E-state index < -0.39 is 11.3 Å². The first-order valence-corrected chi connectivity index (χ1v) is 3.89. The molecule has 0 aromatic carbocycles. The lowest BCUT2D eigenvalue weighted by Gasteiger charge is -2.08. The van der Waals surface area contributed by atoms with E-state index in [1.165, 1.54) is 0 Å². The summed E-state index contributed by atoms with van der Waals surface area (Å²) in [7, 11) is 0. The Morgan fingerprint density at radius 1 is 1.64 bits per heavy atom. The summed E-state index contributed by atoms with van der Waals surface area (Å²) in [6, 6.07) is -0.650. The average molecular weight is 181 g/mol. The van der Waals surface area contributed by atoms with E-state index >= 15 is 0 Å². The van der Waals surface area contributed by atoms with Crippen LogP contribution in [0.25, 0.3) is 0 Å². The number of carbonyl (C=O) groups is 1. The first kappa shape index (κ1) is 10.8. The van der Waals surface area contributed by atoms with Crippen molar-refractivity contribution in [2.75, 3.05) is 6.54 Å². The van der Waals surface area contributed by atoms with Gasteiger partial charge in [-0.1, -0.05) is 6.42 Å². The highest BCUT2D eigenvalue weighted by atomic mass is 35.5. The molecule has 0 aromatic rings. The van der Waals surface area contributed by atoms with Gasteiger partial charge in [0.2, 0.25) is 5.24 Å². The second-order valence-corrected chi connectivity index (χ2v) is 2.64. The number of hydrogen-bond donors (Lipinski definition) is 3. The van der Waals surface area contributed by atoms with Crippen molar-refractivity contribution >= 4 is 16.8 Å². The average Bonchev–Trinajstić information content (AvgIpc) is 1.97. The van der Waals surface area contributed by atoms with Crippen molar-refractivity contribution in [2.24, 2.45) is 5.73 Å². The lowest BCUT2D eigenvalue weighted by molar-refractivity contribution is -0.116. The summed E-state index contributed by atoms with van der Waals surface area (Å²) in [5.41, 5.74) is 7.07. The van der Waals surface area contributed by atoms with Gasteiger partial charge < -0.3 is 10.9 Å². The number of rotatable bonds is 6. The van der Waals surface area contributed by atoms with E-state index in [0.717, 1.165) is 12.8 Å². The standard InChI is InChI=1S/C6H13ClN2O2/c7-6(10)5(9-11)3-1-2-4-8/h5,9,11H,1-4,8H2. The molecule has 0 aromatic heterocycles. The van der Waals surface area contributed by atoms with Crippen molar-refractivity contribution in [2.45, 2.75) is 25.3 Å². The van der Waals surface area contributed by atoms with Crippen molar-refractivity contribution in [3.63, 3.8) is 0 Å². The summed E-state index contributed by atoms with van der Waals surface area (Å²) in [5.74, 6) is 0. The third kappa shape index (κ3) is 5.15. The number of unbranched alkanes of at least 4 members (excludes halogenated alkanes) is 1. The number of nitrogens with two attached hydrogens (primary N) is 1. The minimum atomic E-state index is -0.650. The monoisotopic (exact) mass is 180 g/mol. The smallest absolute Gasteiger partial charge is 0.240 e. The predicted molar refractivity (Wildman–Crippen MR) is 42.5 cm³/mol. The highest BCUT2D eigenvalue weighted by molar-refractivity contribution is 6.64. The minimum absolute atomic E-state index is 0.524. The molecule has 4 nitrogen and oxygen atoms in total. The van der Waals surface area contributed by atoms with Crippen molar-refractivity contribution in [3.05, 3.63) is 0 Å². The van der Waals surface area contributed by atoms with E-state index in [9.17, 15) is 4.79 Å². The van der Waals surface area contributed by atoms with Crippen LogP contribution >= 0.6 is 11.6 Å². The second-order valence-electron chi connectivity index (χ2n) is 2.27. The molecule has 0 heterocycles. The second kappa shape index (κ2) is 6.54. The zero-order valence-corrected chi connectivity index (χ0v) is 6.97. The van der Waals surface area contributed by atoms with Crippen LogP contribution in [0.15, 0.2) is 0 Å². The number of nitrogens with one attached hydrogen (secondary N) is 1. The molecular weight excluding hydrogens is 168 g/mol. The number of hydrogen-bond acceptors (Lipinski definition) is 4. The maximum absolute atomic E-state index is 10.5. The van der Waals surface area contributed by atoms with Crippen LogP contribution in [0.4, 0.5) is 0 Å². The van der Waals surface area contributed by atoms with E-state index in [-0.39, 0.29) is 0 Å². The van der Waals surface area contributed by atoms with Crippen LogP contribution < -0.4 is 11.2 Å². The van der Waals surface area contributed by atoms with Gasteiger partial charge in [-0.25, -0.2) is 0 Å². The van der Waals surface area contributed by atoms with Gasteiger partial charge in [0.15, 0.2) is 0 Å². The third-order valence-corrected chi connectivity index (χ3v) is 1.64. The number of halogens is 1. The zero-order valence-electron chi connectivity index (χ0n) is 6.22. The van der Waals surface area contributed by atoms with Crippen LogP contribution in [0.1, 0.15) is 19.3 Å². The summed E-state index contributed by atoms with van der Waals surface area (Å²) < 4.78 is 0. The molecule has 0 saturated carbocycles. The minimum Gasteiger partial charge on any atom is -0.330 e. The van der Waals surface area contributed by atoms with Crippen molar-refractivity contribution in [1.29, 1.82) is 0 Å². The van der Waals surface area contributed by atoms with Gasteiger partial charge in [0, 0.05) is 0 Å². The van der Waals surface area contributed by atoms with Crippen molar-refractivity contribution in [1.82, 2.24) is 5.48 Å². The normalized spacial score (nSPS) is 13.0. The molecular formula is C6H13ClN2O2. The molecule has 11 heavy (non-hydrogen) atoms. The molecule has 0 aliphatic heterocycles. The lowest BCUT2D eigenvalue weighted by atomic mass is 10.1. The van der Waals surface area contributed by atoms with E-state index in [1.54, 1.807) is 0 Å². The van der Waals surface area contributed by atoms with Crippen LogP contribution in [-0.2, 0) is 4.79 Å². The first-order chi connectivity index (χ1) is 5.22. The predicted octanol–water partition coefficient (Wildman–Crippen LogP) is 0.228. The molecule has 0 radical (unpaired) electrons. The van der Waals surface area contributed by atoms with Crippen molar-refractivity contribution < 1.29 is 10.0 Å². The van der Waals surface area contributed by atoms with Gasteiger partial charge in [-0.05, 0) is 31.0 Å². The van der Waals surface area contributed by atoms with Crippen LogP contribution in [0.3, 0.4) is 0 Å². The molecule has 4 N–H and O–H groups in total. The molecule has 1 unspecified atom stereocenters. The molecule has 5 heteroatoms. The highest BCUT2D eigenvalue weighted by Crippen LogP contribution is 2.02. The van der Waals surface area contributed by atoms with Crippen LogP contribution in [0.5, 0.6) is 0 Å². The Morgan fingerprint density at radius 2 is 2.27 bits per heavy atom. The molecule has 0 aliphatic carbocycles. The summed E-state index contributed by atoms with van der Waals surface area (Å²) >= 11 is 5.13. The van der Waals surface area contributed by atoms with Gasteiger partial charge in [-0.2, -0.15) is 5.48 Å². The Bertz CT molecular complexity index is 121.